The molecule has 1 heterocycles. The summed E-state index contributed by atoms with van der Waals surface area (Å²) in [5.41, 5.74) is 3.18. The Morgan fingerprint density at radius 2 is 1.87 bits per heavy atom. The first-order chi connectivity index (χ1) is 18.9. The van der Waals surface area contributed by atoms with E-state index in [0.29, 0.717) is 59.3 Å². The van der Waals surface area contributed by atoms with Crippen LogP contribution in [0.2, 0.25) is 0 Å². The van der Waals surface area contributed by atoms with Gasteiger partial charge in [-0.2, -0.15) is 0 Å². The molecule has 0 amide bonds. The van der Waals surface area contributed by atoms with Crippen molar-refractivity contribution >= 4 is 55.9 Å². The third-order valence-corrected chi connectivity index (χ3v) is 6.66. The van der Waals surface area contributed by atoms with Crippen LogP contribution in [-0.2, 0) is 11.2 Å². The highest BCUT2D eigenvalue weighted by molar-refractivity contribution is 7.21. The minimum absolute atomic E-state index is 0.00841. The number of azo groups is 1. The van der Waals surface area contributed by atoms with Crippen molar-refractivity contribution in [1.82, 2.24) is 4.98 Å². The molecule has 3 aromatic carbocycles. The molecule has 0 fully saturated rings. The number of aromatic nitrogens is 1. The number of nitrogens with one attached hydrogen (secondary N) is 1. The number of hydrogen-bond acceptors (Lipinski definition) is 10. The molecular formula is C27H26N6O5S. The number of carboxylic acid groups (broad SMARTS) is 1. The summed E-state index contributed by atoms with van der Waals surface area (Å²) >= 11 is 1.23. The molecule has 1 aromatic heterocycles. The highest BCUT2D eigenvalue weighted by Gasteiger charge is 2.11. The van der Waals surface area contributed by atoms with Gasteiger partial charge in [0.2, 0.25) is 5.13 Å². The number of rotatable bonds is 14. The normalized spacial score (nSPS) is 11.1. The lowest BCUT2D eigenvalue weighted by atomic mass is 10.1. The fraction of sp³-hybridized carbons (Fsp3) is 0.222. The first kappa shape index (κ1) is 27.3. The molecule has 0 aliphatic carbocycles. The molecule has 200 valence electrons. The molecule has 0 unspecified atom stereocenters. The molecule has 39 heavy (non-hydrogen) atoms. The van der Waals surface area contributed by atoms with Crippen LogP contribution in [0, 0.1) is 15.5 Å². The van der Waals surface area contributed by atoms with Gasteiger partial charge < -0.3 is 20.2 Å². The van der Waals surface area contributed by atoms with E-state index in [9.17, 15) is 14.9 Å². The number of thiazole rings is 1. The monoisotopic (exact) mass is 546 g/mol. The Balaban J connectivity index is 1.35. The van der Waals surface area contributed by atoms with Gasteiger partial charge in [0.25, 0.3) is 5.69 Å². The molecule has 4 aromatic rings. The zero-order chi connectivity index (χ0) is 27.6. The second-order valence-electron chi connectivity index (χ2n) is 8.49. The first-order valence-electron chi connectivity index (χ1n) is 12.2. The van der Waals surface area contributed by atoms with Gasteiger partial charge in [-0.15, -0.1) is 10.2 Å². The highest BCUT2D eigenvalue weighted by atomic mass is 32.1. The summed E-state index contributed by atoms with van der Waals surface area (Å²) in [7, 11) is 0. The predicted octanol–water partition coefficient (Wildman–Crippen LogP) is 6.56. The molecule has 11 nitrogen and oxygen atoms in total. The van der Waals surface area contributed by atoms with E-state index in [4.69, 9.17) is 15.3 Å². The van der Waals surface area contributed by atoms with Gasteiger partial charge in [0.1, 0.15) is 12.4 Å². The number of benzene rings is 3. The van der Waals surface area contributed by atoms with E-state index in [1.807, 2.05) is 48.5 Å². The molecule has 0 bridgehead atoms. The summed E-state index contributed by atoms with van der Waals surface area (Å²) < 4.78 is 6.56. The van der Waals surface area contributed by atoms with Crippen LogP contribution in [0.1, 0.15) is 18.4 Å². The minimum atomic E-state index is -0.820. The highest BCUT2D eigenvalue weighted by Crippen LogP contribution is 2.32. The molecule has 0 aliphatic rings. The lowest BCUT2D eigenvalue weighted by molar-refractivity contribution is -0.384. The molecule has 0 aliphatic heterocycles. The number of aryl methyl sites for hydroxylation is 1. The maximum Gasteiger partial charge on any atom is 0.303 e. The lowest BCUT2D eigenvalue weighted by Crippen LogP contribution is -2.29. The van der Waals surface area contributed by atoms with Crippen molar-refractivity contribution in [3.05, 3.63) is 82.4 Å². The Labute approximate surface area is 228 Å². The SMILES string of the molecule is N=CCCN(CCOc1ccc(CCC(=O)O)cc1)c1ccc(N=Nc2nc3ccc([N+](=O)[O-])cc3s2)cc1. The van der Waals surface area contributed by atoms with Crippen LogP contribution in [0.4, 0.5) is 22.2 Å². The van der Waals surface area contributed by atoms with Gasteiger partial charge in [-0.3, -0.25) is 14.9 Å². The maximum absolute atomic E-state index is 11.0. The van der Waals surface area contributed by atoms with E-state index >= 15 is 0 Å². The average molecular weight is 547 g/mol. The molecule has 4 rings (SSSR count). The van der Waals surface area contributed by atoms with Gasteiger partial charge in [0.15, 0.2) is 0 Å². The van der Waals surface area contributed by atoms with Crippen LogP contribution in [0.5, 0.6) is 5.75 Å². The molecule has 0 radical (unpaired) electrons. The van der Waals surface area contributed by atoms with E-state index in [1.165, 1.54) is 29.7 Å². The van der Waals surface area contributed by atoms with Crippen LogP contribution < -0.4 is 9.64 Å². The van der Waals surface area contributed by atoms with Gasteiger partial charge in [-0.05, 0) is 67.1 Å². The lowest BCUT2D eigenvalue weighted by Gasteiger charge is -2.24. The fourth-order valence-corrected chi connectivity index (χ4v) is 4.58. The largest absolute Gasteiger partial charge is 0.492 e. The summed E-state index contributed by atoms with van der Waals surface area (Å²) in [6, 6.07) is 19.4. The van der Waals surface area contributed by atoms with Crippen molar-refractivity contribution in [2.45, 2.75) is 19.3 Å². The Hall–Kier alpha value is -4.71. The summed E-state index contributed by atoms with van der Waals surface area (Å²) in [5, 5.41) is 36.1. The molecular weight excluding hydrogens is 520 g/mol. The summed E-state index contributed by atoms with van der Waals surface area (Å²) in [4.78, 5) is 27.7. The Morgan fingerprint density at radius 1 is 1.10 bits per heavy atom. The average Bonchev–Trinajstić information content (AvgIpc) is 3.36. The summed E-state index contributed by atoms with van der Waals surface area (Å²) in [5.74, 6) is -0.110. The first-order valence-corrected chi connectivity index (χ1v) is 13.0. The Morgan fingerprint density at radius 3 is 2.56 bits per heavy atom. The van der Waals surface area contributed by atoms with E-state index in [2.05, 4.69) is 20.1 Å². The van der Waals surface area contributed by atoms with Crippen molar-refractivity contribution in [1.29, 1.82) is 5.41 Å². The number of anilines is 1. The number of nitro benzene ring substituents is 1. The number of nitro groups is 1. The number of non-ortho nitro benzene ring substituents is 1. The topological polar surface area (TPSA) is 154 Å². The number of hydrogen-bond donors (Lipinski definition) is 2. The maximum atomic E-state index is 11.0. The molecule has 0 spiro atoms. The van der Waals surface area contributed by atoms with Crippen molar-refractivity contribution in [3.63, 3.8) is 0 Å². The number of aliphatic carboxylic acids is 1. The second-order valence-corrected chi connectivity index (χ2v) is 9.50. The Kier molecular flexibility index (Phi) is 9.25. The van der Waals surface area contributed by atoms with Gasteiger partial charge in [0, 0.05) is 30.8 Å². The third kappa shape index (κ3) is 7.89. The number of carboxylic acids is 1. The molecule has 0 saturated carbocycles. The second kappa shape index (κ2) is 13.2. The summed E-state index contributed by atoms with van der Waals surface area (Å²) in [6.07, 6.45) is 2.54. The van der Waals surface area contributed by atoms with Gasteiger partial charge in [-0.1, -0.05) is 23.5 Å². The molecule has 2 N–H and O–H groups in total. The third-order valence-electron chi connectivity index (χ3n) is 5.76. The standard InChI is InChI=1S/C27H26N6O5S/c28-14-1-15-32(16-17-38-23-10-2-19(3-11-23)4-13-26(34)35)21-7-5-20(6-8-21)30-31-27-29-24-12-9-22(33(36)37)18-25(24)39-27/h2-3,5-12,14,18,28H,1,4,13,15-17H2,(H,34,35). The summed E-state index contributed by atoms with van der Waals surface area (Å²) in [6.45, 7) is 1.69. The molecule has 0 atom stereocenters. The van der Waals surface area contributed by atoms with E-state index in [0.717, 1.165) is 11.3 Å². The number of fused-ring (bicyclic) bond motifs is 1. The fourth-order valence-electron chi connectivity index (χ4n) is 3.76. The predicted molar refractivity (Wildman–Crippen MR) is 150 cm³/mol. The zero-order valence-electron chi connectivity index (χ0n) is 20.9. The van der Waals surface area contributed by atoms with Crippen LogP contribution in [0.15, 0.2) is 77.0 Å². The van der Waals surface area contributed by atoms with Crippen LogP contribution in [-0.4, -0.2) is 46.9 Å². The quantitative estimate of drug-likeness (QED) is 0.0785. The van der Waals surface area contributed by atoms with Crippen molar-refractivity contribution in [3.8, 4) is 5.75 Å². The van der Waals surface area contributed by atoms with E-state index in [1.54, 1.807) is 6.07 Å². The van der Waals surface area contributed by atoms with Crippen molar-refractivity contribution < 1.29 is 19.6 Å². The smallest absolute Gasteiger partial charge is 0.303 e. The van der Waals surface area contributed by atoms with Gasteiger partial charge in [0.05, 0.1) is 27.4 Å². The van der Waals surface area contributed by atoms with Gasteiger partial charge >= 0.3 is 5.97 Å². The molecule has 0 saturated heterocycles. The van der Waals surface area contributed by atoms with Crippen LogP contribution >= 0.6 is 11.3 Å². The minimum Gasteiger partial charge on any atom is -0.492 e. The van der Waals surface area contributed by atoms with E-state index < -0.39 is 10.9 Å². The zero-order valence-corrected chi connectivity index (χ0v) is 21.7. The van der Waals surface area contributed by atoms with Crippen molar-refractivity contribution in [2.24, 2.45) is 10.2 Å². The number of nitrogens with zero attached hydrogens (tertiary/aromatic N) is 5. The Bertz CT molecular complexity index is 1470. The van der Waals surface area contributed by atoms with Crippen LogP contribution in [0.25, 0.3) is 10.2 Å². The number of carbonyl (C=O) groups is 1. The molecule has 12 heteroatoms. The van der Waals surface area contributed by atoms with Crippen LogP contribution in [0.3, 0.4) is 0 Å². The van der Waals surface area contributed by atoms with Gasteiger partial charge in [-0.25, -0.2) is 4.98 Å². The van der Waals surface area contributed by atoms with E-state index in [-0.39, 0.29) is 12.1 Å². The van der Waals surface area contributed by atoms with Crippen molar-refractivity contribution in [2.75, 3.05) is 24.6 Å². The number of ether oxygens (including phenoxy) is 1.